The Labute approximate surface area is 144 Å². The first-order chi connectivity index (χ1) is 11.9. The number of aromatic hydroxyl groups is 2. The summed E-state index contributed by atoms with van der Waals surface area (Å²) in [6.45, 7) is 2.03. The summed E-state index contributed by atoms with van der Waals surface area (Å²) >= 11 is 0. The number of rotatable bonds is 4. The first-order valence-electron chi connectivity index (χ1n) is 7.79. The molecule has 0 aliphatic carbocycles. The summed E-state index contributed by atoms with van der Waals surface area (Å²) in [5.74, 6) is -0.209. The normalized spacial score (nSPS) is 16.6. The van der Waals surface area contributed by atoms with Gasteiger partial charge in [0.05, 0.1) is 13.1 Å². The van der Waals surface area contributed by atoms with Gasteiger partial charge in [-0.1, -0.05) is 12.1 Å². The minimum atomic E-state index is -0.462. The molecule has 1 atom stereocenters. The summed E-state index contributed by atoms with van der Waals surface area (Å²) in [5.41, 5.74) is 2.00. The second kappa shape index (κ2) is 6.72. The van der Waals surface area contributed by atoms with Crippen LogP contribution >= 0.6 is 0 Å². The average molecular weight is 342 g/mol. The Hall–Kier alpha value is -3.22. The number of carbonyl (C=O) groups is 2. The van der Waals surface area contributed by atoms with Gasteiger partial charge in [0.15, 0.2) is 0 Å². The van der Waals surface area contributed by atoms with Gasteiger partial charge in [-0.25, -0.2) is 4.79 Å². The van der Waals surface area contributed by atoms with Gasteiger partial charge in [-0.15, -0.1) is 0 Å². The Morgan fingerprint density at radius 2 is 1.96 bits per heavy atom. The van der Waals surface area contributed by atoms with E-state index in [9.17, 15) is 19.8 Å². The number of anilines is 1. The maximum atomic E-state index is 12.0. The zero-order valence-corrected chi connectivity index (χ0v) is 13.6. The van der Waals surface area contributed by atoms with Crippen molar-refractivity contribution in [2.24, 2.45) is 0 Å². The predicted octanol–water partition coefficient (Wildman–Crippen LogP) is 2.23. The molecule has 1 aliphatic rings. The molecule has 2 amide bonds. The van der Waals surface area contributed by atoms with Crippen molar-refractivity contribution in [3.8, 4) is 22.6 Å². The van der Waals surface area contributed by atoms with Crippen LogP contribution in [0.15, 0.2) is 42.5 Å². The van der Waals surface area contributed by atoms with E-state index in [4.69, 9.17) is 4.74 Å². The summed E-state index contributed by atoms with van der Waals surface area (Å²) in [5, 5.41) is 21.9. The SMILES string of the molecule is CC(=O)NCC1CN(c2ccc(-c3ccc(O)cc3O)cc2)C(=O)O1. The average Bonchev–Trinajstić information content (AvgIpc) is 2.94. The van der Waals surface area contributed by atoms with Crippen molar-refractivity contribution >= 4 is 17.7 Å². The number of hydrogen-bond acceptors (Lipinski definition) is 5. The Morgan fingerprint density at radius 3 is 2.60 bits per heavy atom. The third-order valence-corrected chi connectivity index (χ3v) is 3.92. The van der Waals surface area contributed by atoms with Crippen molar-refractivity contribution in [1.82, 2.24) is 5.32 Å². The van der Waals surface area contributed by atoms with Crippen LogP contribution in [0.2, 0.25) is 0 Å². The number of nitrogens with one attached hydrogen (secondary N) is 1. The van der Waals surface area contributed by atoms with Crippen LogP contribution in [-0.4, -0.2) is 41.4 Å². The second-order valence-corrected chi connectivity index (χ2v) is 5.80. The molecule has 1 saturated heterocycles. The molecule has 7 nitrogen and oxygen atoms in total. The summed E-state index contributed by atoms with van der Waals surface area (Å²) in [4.78, 5) is 24.4. The van der Waals surface area contributed by atoms with Crippen LogP contribution < -0.4 is 10.2 Å². The van der Waals surface area contributed by atoms with Crippen molar-refractivity contribution in [2.75, 3.05) is 18.0 Å². The molecule has 1 unspecified atom stereocenters. The second-order valence-electron chi connectivity index (χ2n) is 5.80. The van der Waals surface area contributed by atoms with E-state index in [1.165, 1.54) is 24.0 Å². The Bertz CT molecular complexity index is 804. The summed E-state index contributed by atoms with van der Waals surface area (Å²) in [6, 6.07) is 11.4. The first-order valence-corrected chi connectivity index (χ1v) is 7.79. The molecule has 1 fully saturated rings. The largest absolute Gasteiger partial charge is 0.508 e. The molecular weight excluding hydrogens is 324 g/mol. The van der Waals surface area contributed by atoms with Gasteiger partial charge in [0.1, 0.15) is 17.6 Å². The van der Waals surface area contributed by atoms with Crippen molar-refractivity contribution in [2.45, 2.75) is 13.0 Å². The van der Waals surface area contributed by atoms with Gasteiger partial charge in [0.2, 0.25) is 5.91 Å². The van der Waals surface area contributed by atoms with E-state index in [1.54, 1.807) is 30.3 Å². The molecule has 3 rings (SSSR count). The predicted molar refractivity (Wildman–Crippen MR) is 91.5 cm³/mol. The number of phenolic OH excluding ortho intramolecular Hbond substituents is 2. The summed E-state index contributed by atoms with van der Waals surface area (Å²) in [6.07, 6.45) is -0.854. The minimum absolute atomic E-state index is 0.0112. The highest BCUT2D eigenvalue weighted by Crippen LogP contribution is 2.33. The number of hydrogen-bond donors (Lipinski definition) is 3. The van der Waals surface area contributed by atoms with E-state index in [1.807, 2.05) is 0 Å². The standard InChI is InChI=1S/C18H18N2O5/c1-11(21)19-9-15-10-20(18(24)25-15)13-4-2-12(3-5-13)16-7-6-14(22)8-17(16)23/h2-8,15,22-23H,9-10H2,1H3,(H,19,21). The Morgan fingerprint density at radius 1 is 1.24 bits per heavy atom. The maximum absolute atomic E-state index is 12.0. The lowest BCUT2D eigenvalue weighted by atomic mass is 10.0. The zero-order chi connectivity index (χ0) is 18.0. The lowest BCUT2D eigenvalue weighted by Crippen LogP contribution is -2.33. The van der Waals surface area contributed by atoms with Gasteiger partial charge in [0.25, 0.3) is 0 Å². The molecule has 130 valence electrons. The molecule has 2 aromatic carbocycles. The third-order valence-electron chi connectivity index (χ3n) is 3.92. The number of carbonyl (C=O) groups excluding carboxylic acids is 2. The summed E-state index contributed by atoms with van der Waals surface area (Å²) < 4.78 is 5.23. The van der Waals surface area contributed by atoms with Crippen LogP contribution in [0, 0.1) is 0 Å². The van der Waals surface area contributed by atoms with Gasteiger partial charge in [-0.05, 0) is 29.8 Å². The van der Waals surface area contributed by atoms with Crippen molar-refractivity contribution in [3.05, 3.63) is 42.5 Å². The molecule has 0 bridgehead atoms. The highest BCUT2D eigenvalue weighted by Gasteiger charge is 2.32. The van der Waals surface area contributed by atoms with Gasteiger partial charge in [-0.3, -0.25) is 9.69 Å². The van der Waals surface area contributed by atoms with E-state index < -0.39 is 12.2 Å². The van der Waals surface area contributed by atoms with E-state index >= 15 is 0 Å². The van der Waals surface area contributed by atoms with Crippen LogP contribution in [0.3, 0.4) is 0 Å². The maximum Gasteiger partial charge on any atom is 0.414 e. The number of nitrogens with zero attached hydrogens (tertiary/aromatic N) is 1. The fourth-order valence-corrected chi connectivity index (χ4v) is 2.68. The highest BCUT2D eigenvalue weighted by atomic mass is 16.6. The molecule has 1 heterocycles. The van der Waals surface area contributed by atoms with Crippen molar-refractivity contribution < 1.29 is 24.5 Å². The molecule has 25 heavy (non-hydrogen) atoms. The topological polar surface area (TPSA) is 99.1 Å². The van der Waals surface area contributed by atoms with Gasteiger partial charge < -0.3 is 20.3 Å². The number of benzene rings is 2. The van der Waals surface area contributed by atoms with Gasteiger partial charge >= 0.3 is 6.09 Å². The monoisotopic (exact) mass is 342 g/mol. The van der Waals surface area contributed by atoms with E-state index in [0.717, 1.165) is 5.56 Å². The molecule has 0 aromatic heterocycles. The first kappa shape index (κ1) is 16.6. The van der Waals surface area contributed by atoms with Crippen LogP contribution in [0.5, 0.6) is 11.5 Å². The molecule has 7 heteroatoms. The lowest BCUT2D eigenvalue weighted by molar-refractivity contribution is -0.119. The molecule has 0 spiro atoms. The van der Waals surface area contributed by atoms with Crippen LogP contribution in [0.1, 0.15) is 6.92 Å². The van der Waals surface area contributed by atoms with Crippen LogP contribution in [0.4, 0.5) is 10.5 Å². The molecule has 1 aliphatic heterocycles. The van der Waals surface area contributed by atoms with Crippen molar-refractivity contribution in [1.29, 1.82) is 0 Å². The fraction of sp³-hybridized carbons (Fsp3) is 0.222. The van der Waals surface area contributed by atoms with Crippen LogP contribution in [0.25, 0.3) is 11.1 Å². The number of ether oxygens (including phenoxy) is 1. The van der Waals surface area contributed by atoms with Crippen molar-refractivity contribution in [3.63, 3.8) is 0 Å². The summed E-state index contributed by atoms with van der Waals surface area (Å²) in [7, 11) is 0. The molecular formula is C18H18N2O5. The smallest absolute Gasteiger partial charge is 0.414 e. The quantitative estimate of drug-likeness (QED) is 0.791. The van der Waals surface area contributed by atoms with E-state index in [0.29, 0.717) is 17.8 Å². The highest BCUT2D eigenvalue weighted by molar-refractivity contribution is 5.90. The Kier molecular flexibility index (Phi) is 4.47. The third kappa shape index (κ3) is 3.65. The molecule has 2 aromatic rings. The van der Waals surface area contributed by atoms with E-state index in [-0.39, 0.29) is 24.0 Å². The lowest BCUT2D eigenvalue weighted by Gasteiger charge is -2.14. The number of cyclic esters (lactones) is 1. The molecule has 3 N–H and O–H groups in total. The number of amides is 2. The zero-order valence-electron chi connectivity index (χ0n) is 13.6. The number of phenols is 2. The van der Waals surface area contributed by atoms with Gasteiger partial charge in [-0.2, -0.15) is 0 Å². The van der Waals surface area contributed by atoms with Gasteiger partial charge in [0, 0.05) is 24.2 Å². The molecule has 0 radical (unpaired) electrons. The van der Waals surface area contributed by atoms with E-state index in [2.05, 4.69) is 5.32 Å². The Balaban J connectivity index is 1.74. The fourth-order valence-electron chi connectivity index (χ4n) is 2.68. The molecule has 0 saturated carbocycles. The minimum Gasteiger partial charge on any atom is -0.508 e. The van der Waals surface area contributed by atoms with Crippen LogP contribution in [-0.2, 0) is 9.53 Å².